The second kappa shape index (κ2) is 3.03. The van der Waals surface area contributed by atoms with E-state index in [1.807, 2.05) is 0 Å². The molecule has 0 amide bonds. The minimum Gasteiger partial charge on any atom is -0.304 e. The van der Waals surface area contributed by atoms with Crippen molar-refractivity contribution in [3.05, 3.63) is 0 Å². The van der Waals surface area contributed by atoms with Crippen molar-refractivity contribution in [3.8, 4) is 6.07 Å². The Kier molecular flexibility index (Phi) is 2.29. The fourth-order valence-electron chi connectivity index (χ4n) is 1.22. The van der Waals surface area contributed by atoms with E-state index in [1.165, 1.54) is 19.3 Å². The van der Waals surface area contributed by atoms with Gasteiger partial charge in [0.25, 0.3) is 0 Å². The van der Waals surface area contributed by atoms with E-state index in [2.05, 4.69) is 18.3 Å². The van der Waals surface area contributed by atoms with E-state index in [0.717, 1.165) is 6.54 Å². The second-order valence-corrected chi connectivity index (χ2v) is 3.12. The lowest BCUT2D eigenvalue weighted by Gasteiger charge is -2.10. The predicted octanol–water partition coefficient (Wildman–Crippen LogP) is 1.29. The molecule has 1 saturated carbocycles. The van der Waals surface area contributed by atoms with E-state index < -0.39 is 0 Å². The Morgan fingerprint density at radius 1 is 1.60 bits per heavy atom. The van der Waals surface area contributed by atoms with Gasteiger partial charge in [0.15, 0.2) is 0 Å². The number of rotatable bonds is 4. The number of nitriles is 1. The summed E-state index contributed by atoms with van der Waals surface area (Å²) in [5.41, 5.74) is 0.580. The predicted molar refractivity (Wildman–Crippen MR) is 40.4 cm³/mol. The summed E-state index contributed by atoms with van der Waals surface area (Å²) in [4.78, 5) is 0. The van der Waals surface area contributed by atoms with Crippen LogP contribution in [-0.4, -0.2) is 13.1 Å². The molecule has 0 spiro atoms. The highest BCUT2D eigenvalue weighted by Gasteiger charge is 2.39. The summed E-state index contributed by atoms with van der Waals surface area (Å²) in [6, 6.07) is 2.08. The van der Waals surface area contributed by atoms with Crippen molar-refractivity contribution in [2.75, 3.05) is 13.1 Å². The lowest BCUT2D eigenvalue weighted by Crippen LogP contribution is -2.23. The molecule has 0 heterocycles. The van der Waals surface area contributed by atoms with E-state index in [9.17, 15) is 0 Å². The topological polar surface area (TPSA) is 35.8 Å². The van der Waals surface area contributed by atoms with Gasteiger partial charge in [-0.2, -0.15) is 5.26 Å². The van der Waals surface area contributed by atoms with Gasteiger partial charge in [-0.05, 0) is 24.7 Å². The van der Waals surface area contributed by atoms with E-state index >= 15 is 0 Å². The number of hydrogen-bond donors (Lipinski definition) is 1. The summed E-state index contributed by atoms with van der Waals surface area (Å²) >= 11 is 0. The Morgan fingerprint density at radius 3 is 2.70 bits per heavy atom. The van der Waals surface area contributed by atoms with Crippen LogP contribution in [0.3, 0.4) is 0 Å². The maximum atomic E-state index is 8.24. The van der Waals surface area contributed by atoms with Crippen molar-refractivity contribution >= 4 is 0 Å². The molecular weight excluding hydrogens is 124 g/mol. The van der Waals surface area contributed by atoms with Gasteiger partial charge >= 0.3 is 0 Å². The number of nitrogens with zero attached hydrogens (tertiary/aromatic N) is 1. The second-order valence-electron chi connectivity index (χ2n) is 3.12. The SMILES string of the molecule is CCC1(CNCC#N)CC1. The molecule has 2 nitrogen and oxygen atoms in total. The molecule has 0 radical (unpaired) electrons. The highest BCUT2D eigenvalue weighted by Crippen LogP contribution is 2.47. The monoisotopic (exact) mass is 138 g/mol. The van der Waals surface area contributed by atoms with E-state index in [0.29, 0.717) is 12.0 Å². The smallest absolute Gasteiger partial charge is 0.0841 e. The fraction of sp³-hybridized carbons (Fsp3) is 0.875. The van der Waals surface area contributed by atoms with Crippen LogP contribution in [0.1, 0.15) is 26.2 Å². The molecule has 0 aromatic rings. The first kappa shape index (κ1) is 7.56. The molecule has 2 heteroatoms. The van der Waals surface area contributed by atoms with Gasteiger partial charge in [-0.1, -0.05) is 6.92 Å². The van der Waals surface area contributed by atoms with Crippen LogP contribution in [0.5, 0.6) is 0 Å². The maximum Gasteiger partial charge on any atom is 0.0841 e. The highest BCUT2D eigenvalue weighted by molar-refractivity contribution is 4.94. The average molecular weight is 138 g/mol. The lowest BCUT2D eigenvalue weighted by atomic mass is 10.0. The first-order valence-corrected chi connectivity index (χ1v) is 3.91. The Balaban J connectivity index is 2.08. The number of hydrogen-bond acceptors (Lipinski definition) is 2. The van der Waals surface area contributed by atoms with Crippen molar-refractivity contribution in [1.82, 2.24) is 5.32 Å². The van der Waals surface area contributed by atoms with Crippen LogP contribution >= 0.6 is 0 Å². The van der Waals surface area contributed by atoms with Crippen molar-refractivity contribution in [3.63, 3.8) is 0 Å². The van der Waals surface area contributed by atoms with Crippen LogP contribution < -0.4 is 5.32 Å². The molecule has 0 aromatic heterocycles. The first-order chi connectivity index (χ1) is 4.83. The van der Waals surface area contributed by atoms with Crippen molar-refractivity contribution < 1.29 is 0 Å². The number of nitrogens with one attached hydrogen (secondary N) is 1. The van der Waals surface area contributed by atoms with Gasteiger partial charge in [0.05, 0.1) is 12.6 Å². The maximum absolute atomic E-state index is 8.24. The van der Waals surface area contributed by atoms with E-state index in [1.54, 1.807) is 0 Å². The molecule has 0 saturated heterocycles. The summed E-state index contributed by atoms with van der Waals surface area (Å²) < 4.78 is 0. The van der Waals surface area contributed by atoms with Gasteiger partial charge in [-0.15, -0.1) is 0 Å². The molecular formula is C8H14N2. The van der Waals surface area contributed by atoms with Gasteiger partial charge in [-0.3, -0.25) is 0 Å². The molecule has 1 aliphatic carbocycles. The van der Waals surface area contributed by atoms with Crippen LogP contribution in [0.25, 0.3) is 0 Å². The Morgan fingerprint density at radius 2 is 2.30 bits per heavy atom. The zero-order valence-electron chi connectivity index (χ0n) is 6.48. The van der Waals surface area contributed by atoms with Crippen LogP contribution in [0.4, 0.5) is 0 Å². The third-order valence-corrected chi connectivity index (χ3v) is 2.41. The molecule has 1 fully saturated rings. The first-order valence-electron chi connectivity index (χ1n) is 3.91. The van der Waals surface area contributed by atoms with E-state index in [4.69, 9.17) is 5.26 Å². The zero-order chi connectivity index (χ0) is 7.45. The minimum atomic E-state index is 0.502. The van der Waals surface area contributed by atoms with Crippen molar-refractivity contribution in [2.45, 2.75) is 26.2 Å². The van der Waals surface area contributed by atoms with Gasteiger partial charge in [0.1, 0.15) is 0 Å². The summed E-state index contributed by atoms with van der Waals surface area (Å²) in [7, 11) is 0. The highest BCUT2D eigenvalue weighted by atomic mass is 14.9. The standard InChI is InChI=1S/C8H14N2/c1-2-8(3-4-8)7-10-6-5-9/h10H,2-4,6-7H2,1H3. The van der Waals surface area contributed by atoms with Gasteiger partial charge in [0.2, 0.25) is 0 Å². The summed E-state index contributed by atoms with van der Waals surface area (Å²) in [5, 5.41) is 11.4. The normalized spacial score (nSPS) is 20.0. The molecule has 0 aliphatic heterocycles. The molecule has 0 unspecified atom stereocenters. The fourth-order valence-corrected chi connectivity index (χ4v) is 1.22. The molecule has 0 aromatic carbocycles. The van der Waals surface area contributed by atoms with Crippen LogP contribution in [0.15, 0.2) is 0 Å². The molecule has 1 rings (SSSR count). The molecule has 1 aliphatic rings. The van der Waals surface area contributed by atoms with Crippen LogP contribution in [0, 0.1) is 16.7 Å². The van der Waals surface area contributed by atoms with Crippen molar-refractivity contribution in [1.29, 1.82) is 5.26 Å². The Bertz CT molecular complexity index is 142. The Labute approximate surface area is 62.2 Å². The summed E-state index contributed by atoms with van der Waals surface area (Å²) in [6.45, 7) is 3.76. The molecule has 56 valence electrons. The zero-order valence-corrected chi connectivity index (χ0v) is 6.48. The largest absolute Gasteiger partial charge is 0.304 e. The lowest BCUT2D eigenvalue weighted by molar-refractivity contribution is 0.457. The van der Waals surface area contributed by atoms with Crippen LogP contribution in [-0.2, 0) is 0 Å². The van der Waals surface area contributed by atoms with E-state index in [-0.39, 0.29) is 0 Å². The quantitative estimate of drug-likeness (QED) is 0.469. The van der Waals surface area contributed by atoms with Gasteiger partial charge < -0.3 is 5.32 Å². The molecule has 0 atom stereocenters. The van der Waals surface area contributed by atoms with Gasteiger partial charge in [0, 0.05) is 6.54 Å². The summed E-state index contributed by atoms with van der Waals surface area (Å²) in [5.74, 6) is 0. The summed E-state index contributed by atoms with van der Waals surface area (Å²) in [6.07, 6.45) is 3.95. The van der Waals surface area contributed by atoms with Crippen molar-refractivity contribution in [2.24, 2.45) is 5.41 Å². The molecule has 0 bridgehead atoms. The third-order valence-electron chi connectivity index (χ3n) is 2.41. The Hall–Kier alpha value is -0.550. The average Bonchev–Trinajstić information content (AvgIpc) is 2.70. The molecule has 10 heavy (non-hydrogen) atoms. The minimum absolute atomic E-state index is 0.502. The molecule has 1 N–H and O–H groups in total. The van der Waals surface area contributed by atoms with Gasteiger partial charge in [-0.25, -0.2) is 0 Å². The third kappa shape index (κ3) is 1.71. The van der Waals surface area contributed by atoms with Crippen LogP contribution in [0.2, 0.25) is 0 Å².